The molecule has 0 aromatic carbocycles. The molecule has 0 aliphatic carbocycles. The lowest BCUT2D eigenvalue weighted by atomic mass is 10.2. The van der Waals surface area contributed by atoms with Crippen LogP contribution in [0, 0.1) is 6.92 Å². The Kier molecular flexibility index (Phi) is 2.90. The molecule has 13 heavy (non-hydrogen) atoms. The highest BCUT2D eigenvalue weighted by Gasteiger charge is 2.00. The van der Waals surface area contributed by atoms with Gasteiger partial charge in [-0.2, -0.15) is 0 Å². The monoisotopic (exact) mass is 175 g/mol. The predicted octanol–water partition coefficient (Wildman–Crippen LogP) is 2.54. The van der Waals surface area contributed by atoms with Crippen LogP contribution in [0.2, 0.25) is 0 Å². The summed E-state index contributed by atoms with van der Waals surface area (Å²) in [5, 5.41) is 0. The zero-order valence-corrected chi connectivity index (χ0v) is 8.20. The third kappa shape index (κ3) is 2.47. The maximum absolute atomic E-state index is 4.22. The van der Waals surface area contributed by atoms with Gasteiger partial charge in [0, 0.05) is 6.20 Å². The van der Waals surface area contributed by atoms with E-state index in [2.05, 4.69) is 21.7 Å². The van der Waals surface area contributed by atoms with Gasteiger partial charge in [-0.15, -0.1) is 0 Å². The minimum atomic E-state index is 0.598. The first-order valence-corrected chi connectivity index (χ1v) is 4.08. The van der Waals surface area contributed by atoms with Crippen molar-refractivity contribution in [3.8, 4) is 0 Å². The standard InChI is InChI=1S/C10H13N3/c1-7(2)5-9-10(11-4)13-8(3)6-12-9/h5-6H,4H2,1-3H3. The first-order chi connectivity index (χ1) is 6.13. The molecule has 0 bridgehead atoms. The first kappa shape index (κ1) is 9.58. The fourth-order valence-electron chi connectivity index (χ4n) is 0.965. The molecule has 1 heterocycles. The molecule has 68 valence electrons. The Labute approximate surface area is 78.3 Å². The second-order valence-electron chi connectivity index (χ2n) is 3.10. The Balaban J connectivity index is 3.21. The molecule has 0 unspecified atom stereocenters. The van der Waals surface area contributed by atoms with E-state index in [-0.39, 0.29) is 0 Å². The fourth-order valence-corrected chi connectivity index (χ4v) is 0.965. The molecule has 0 aliphatic heterocycles. The van der Waals surface area contributed by atoms with Gasteiger partial charge in [0.15, 0.2) is 5.82 Å². The van der Waals surface area contributed by atoms with Gasteiger partial charge in [-0.25, -0.2) is 9.98 Å². The van der Waals surface area contributed by atoms with Crippen molar-refractivity contribution in [3.63, 3.8) is 0 Å². The number of aryl methyl sites for hydroxylation is 1. The van der Waals surface area contributed by atoms with Crippen LogP contribution in [-0.2, 0) is 0 Å². The molecule has 0 aliphatic rings. The van der Waals surface area contributed by atoms with E-state index in [1.54, 1.807) is 6.20 Å². The lowest BCUT2D eigenvalue weighted by molar-refractivity contribution is 1.09. The van der Waals surface area contributed by atoms with Gasteiger partial charge < -0.3 is 0 Å². The largest absolute Gasteiger partial charge is 0.251 e. The van der Waals surface area contributed by atoms with Gasteiger partial charge >= 0.3 is 0 Å². The Bertz CT molecular complexity index is 349. The molecule has 0 atom stereocenters. The van der Waals surface area contributed by atoms with Crippen LogP contribution < -0.4 is 0 Å². The summed E-state index contributed by atoms with van der Waals surface area (Å²) in [6.07, 6.45) is 3.67. The molecule has 0 N–H and O–H groups in total. The second kappa shape index (κ2) is 3.94. The van der Waals surface area contributed by atoms with E-state index in [1.807, 2.05) is 26.8 Å². The molecule has 0 fully saturated rings. The second-order valence-corrected chi connectivity index (χ2v) is 3.10. The van der Waals surface area contributed by atoms with Crippen molar-refractivity contribution in [1.29, 1.82) is 0 Å². The number of hydrogen-bond donors (Lipinski definition) is 0. The maximum atomic E-state index is 4.22. The molecule has 0 spiro atoms. The quantitative estimate of drug-likeness (QED) is 0.648. The number of aliphatic imine (C=N–C) groups is 1. The molecule has 0 saturated carbocycles. The van der Waals surface area contributed by atoms with Gasteiger partial charge in [-0.3, -0.25) is 4.98 Å². The number of aromatic nitrogens is 2. The highest BCUT2D eigenvalue weighted by atomic mass is 14.9. The summed E-state index contributed by atoms with van der Waals surface area (Å²) in [7, 11) is 0. The molecule has 3 heteroatoms. The normalized spacial score (nSPS) is 9.46. The smallest absolute Gasteiger partial charge is 0.177 e. The predicted molar refractivity (Wildman–Crippen MR) is 55.3 cm³/mol. The molecule has 0 amide bonds. The highest BCUT2D eigenvalue weighted by Crippen LogP contribution is 2.16. The third-order valence-electron chi connectivity index (χ3n) is 1.48. The van der Waals surface area contributed by atoms with E-state index in [9.17, 15) is 0 Å². The van der Waals surface area contributed by atoms with Gasteiger partial charge in [0.2, 0.25) is 0 Å². The molecule has 1 aromatic rings. The van der Waals surface area contributed by atoms with Crippen molar-refractivity contribution in [2.75, 3.05) is 0 Å². The van der Waals surface area contributed by atoms with Crippen molar-refractivity contribution in [2.45, 2.75) is 20.8 Å². The Morgan fingerprint density at radius 2 is 2.23 bits per heavy atom. The minimum absolute atomic E-state index is 0.598. The zero-order valence-electron chi connectivity index (χ0n) is 8.20. The SMILES string of the molecule is C=Nc1nc(C)cnc1C=C(C)C. The number of rotatable bonds is 2. The van der Waals surface area contributed by atoms with E-state index in [4.69, 9.17) is 0 Å². The molecule has 1 rings (SSSR count). The van der Waals surface area contributed by atoms with Crippen LogP contribution in [0.4, 0.5) is 5.82 Å². The van der Waals surface area contributed by atoms with Crippen molar-refractivity contribution in [3.05, 3.63) is 23.2 Å². The Hall–Kier alpha value is -1.51. The minimum Gasteiger partial charge on any atom is -0.251 e. The van der Waals surface area contributed by atoms with Crippen molar-refractivity contribution < 1.29 is 0 Å². The van der Waals surface area contributed by atoms with Crippen molar-refractivity contribution in [1.82, 2.24) is 9.97 Å². The number of allylic oxidation sites excluding steroid dienone is 1. The van der Waals surface area contributed by atoms with E-state index >= 15 is 0 Å². The number of hydrogen-bond acceptors (Lipinski definition) is 3. The summed E-state index contributed by atoms with van der Waals surface area (Å²) in [4.78, 5) is 12.2. The van der Waals surface area contributed by atoms with Crippen LogP contribution in [0.15, 0.2) is 16.8 Å². The van der Waals surface area contributed by atoms with E-state index in [0.29, 0.717) is 5.82 Å². The molecule has 1 aromatic heterocycles. The van der Waals surface area contributed by atoms with E-state index < -0.39 is 0 Å². The van der Waals surface area contributed by atoms with Gasteiger partial charge in [-0.1, -0.05) is 5.57 Å². The number of nitrogens with zero attached hydrogens (tertiary/aromatic N) is 3. The van der Waals surface area contributed by atoms with Crippen LogP contribution >= 0.6 is 0 Å². The maximum Gasteiger partial charge on any atom is 0.177 e. The molecular formula is C10H13N3. The average molecular weight is 175 g/mol. The summed E-state index contributed by atoms with van der Waals surface area (Å²) in [5.74, 6) is 0.598. The summed E-state index contributed by atoms with van der Waals surface area (Å²) in [5.41, 5.74) is 2.80. The first-order valence-electron chi connectivity index (χ1n) is 4.08. The van der Waals surface area contributed by atoms with Crippen LogP contribution in [0.5, 0.6) is 0 Å². The fraction of sp³-hybridized carbons (Fsp3) is 0.300. The van der Waals surface area contributed by atoms with Gasteiger partial charge in [0.05, 0.1) is 5.69 Å². The average Bonchev–Trinajstić information content (AvgIpc) is 2.07. The molecule has 0 saturated heterocycles. The molecule has 3 nitrogen and oxygen atoms in total. The summed E-state index contributed by atoms with van der Waals surface area (Å²) < 4.78 is 0. The van der Waals surface area contributed by atoms with Crippen LogP contribution in [0.25, 0.3) is 6.08 Å². The topological polar surface area (TPSA) is 38.1 Å². The van der Waals surface area contributed by atoms with Gasteiger partial charge in [-0.05, 0) is 33.6 Å². The molecule has 0 radical (unpaired) electrons. The zero-order chi connectivity index (χ0) is 9.84. The van der Waals surface area contributed by atoms with Gasteiger partial charge in [0.25, 0.3) is 0 Å². The summed E-state index contributed by atoms with van der Waals surface area (Å²) in [6.45, 7) is 9.36. The van der Waals surface area contributed by atoms with Crippen molar-refractivity contribution >= 4 is 18.6 Å². The summed E-state index contributed by atoms with van der Waals surface area (Å²) in [6, 6.07) is 0. The lowest BCUT2D eigenvalue weighted by Gasteiger charge is -1.99. The van der Waals surface area contributed by atoms with E-state index in [0.717, 1.165) is 11.4 Å². The highest BCUT2D eigenvalue weighted by molar-refractivity contribution is 5.60. The summed E-state index contributed by atoms with van der Waals surface area (Å²) >= 11 is 0. The lowest BCUT2D eigenvalue weighted by Crippen LogP contribution is -1.89. The van der Waals surface area contributed by atoms with Gasteiger partial charge in [0.1, 0.15) is 5.69 Å². The van der Waals surface area contributed by atoms with Crippen LogP contribution in [-0.4, -0.2) is 16.7 Å². The van der Waals surface area contributed by atoms with Crippen molar-refractivity contribution in [2.24, 2.45) is 4.99 Å². The van der Waals surface area contributed by atoms with E-state index in [1.165, 1.54) is 5.57 Å². The van der Waals surface area contributed by atoms with Crippen LogP contribution in [0.1, 0.15) is 25.2 Å². The molecular weight excluding hydrogens is 162 g/mol. The Morgan fingerprint density at radius 1 is 1.54 bits per heavy atom. The van der Waals surface area contributed by atoms with Crippen LogP contribution in [0.3, 0.4) is 0 Å². The Morgan fingerprint density at radius 3 is 2.77 bits per heavy atom. The third-order valence-corrected chi connectivity index (χ3v) is 1.48.